The number of hydrogen-bond acceptors (Lipinski definition) is 1. The zero-order chi connectivity index (χ0) is 12.6. The van der Waals surface area contributed by atoms with Gasteiger partial charge in [-0.15, -0.1) is 0 Å². The van der Waals surface area contributed by atoms with E-state index >= 15 is 0 Å². The molecule has 3 nitrogen and oxygen atoms in total. The number of rotatable bonds is 2. The lowest BCUT2D eigenvalue weighted by Gasteiger charge is -2.05. The molecule has 0 aliphatic carbocycles. The van der Waals surface area contributed by atoms with Gasteiger partial charge in [0.15, 0.2) is 0 Å². The number of benzene rings is 1. The third-order valence-corrected chi connectivity index (χ3v) is 3.16. The molecular formula is C14H15NO2. The maximum absolute atomic E-state index is 10.5. The second kappa shape index (κ2) is 4.09. The maximum Gasteiger partial charge on any atom is 0.328 e. The predicted octanol–water partition coefficient (Wildman–Crippen LogP) is 2.89. The first-order valence-corrected chi connectivity index (χ1v) is 5.47. The molecule has 0 saturated carbocycles. The van der Waals surface area contributed by atoms with Crippen LogP contribution in [0.4, 0.5) is 0 Å². The van der Waals surface area contributed by atoms with Gasteiger partial charge in [-0.2, -0.15) is 0 Å². The van der Waals surface area contributed by atoms with Crippen molar-refractivity contribution >= 4 is 22.9 Å². The number of nitrogens with zero attached hydrogens (tertiary/aromatic N) is 1. The Kier molecular flexibility index (Phi) is 2.76. The van der Waals surface area contributed by atoms with Gasteiger partial charge in [0.05, 0.1) is 5.52 Å². The number of hydrogen-bond donors (Lipinski definition) is 1. The molecule has 1 aromatic carbocycles. The molecule has 0 unspecified atom stereocenters. The molecule has 17 heavy (non-hydrogen) atoms. The van der Waals surface area contributed by atoms with E-state index in [1.165, 1.54) is 11.1 Å². The largest absolute Gasteiger partial charge is 0.478 e. The third kappa shape index (κ3) is 1.96. The summed E-state index contributed by atoms with van der Waals surface area (Å²) in [7, 11) is 1.95. The first-order chi connectivity index (χ1) is 8.00. The lowest BCUT2D eigenvalue weighted by atomic mass is 10.1. The van der Waals surface area contributed by atoms with Crippen molar-refractivity contribution in [3.8, 4) is 0 Å². The van der Waals surface area contributed by atoms with Crippen LogP contribution in [0.15, 0.2) is 24.3 Å². The molecule has 0 fully saturated rings. The van der Waals surface area contributed by atoms with Crippen LogP contribution in [-0.4, -0.2) is 15.6 Å². The van der Waals surface area contributed by atoms with Crippen molar-refractivity contribution in [3.63, 3.8) is 0 Å². The lowest BCUT2D eigenvalue weighted by Crippen LogP contribution is -1.94. The Hall–Kier alpha value is -2.03. The van der Waals surface area contributed by atoms with E-state index in [0.29, 0.717) is 0 Å². The fraction of sp³-hybridized carbons (Fsp3) is 0.214. The Morgan fingerprint density at radius 3 is 2.71 bits per heavy atom. The SMILES string of the molecule is Cc1ccc2cc(/C=C/C(=O)O)n(C)c2c1C. The highest BCUT2D eigenvalue weighted by molar-refractivity contribution is 5.90. The van der Waals surface area contributed by atoms with Crippen LogP contribution in [0.2, 0.25) is 0 Å². The highest BCUT2D eigenvalue weighted by Gasteiger charge is 2.07. The molecule has 0 aliphatic rings. The summed E-state index contributed by atoms with van der Waals surface area (Å²) in [5, 5.41) is 9.78. The Labute approximate surface area is 100.0 Å². The monoisotopic (exact) mass is 229 g/mol. The molecular weight excluding hydrogens is 214 g/mol. The Bertz CT molecular complexity index is 621. The van der Waals surface area contributed by atoms with Crippen molar-refractivity contribution in [2.45, 2.75) is 13.8 Å². The van der Waals surface area contributed by atoms with E-state index in [4.69, 9.17) is 5.11 Å². The van der Waals surface area contributed by atoms with Crippen LogP contribution in [0.3, 0.4) is 0 Å². The van der Waals surface area contributed by atoms with Crippen molar-refractivity contribution in [3.05, 3.63) is 41.1 Å². The molecule has 0 radical (unpaired) electrons. The molecule has 1 aromatic heterocycles. The Morgan fingerprint density at radius 2 is 2.06 bits per heavy atom. The van der Waals surface area contributed by atoms with E-state index < -0.39 is 5.97 Å². The average Bonchev–Trinajstić information content (AvgIpc) is 2.59. The van der Waals surface area contributed by atoms with E-state index in [0.717, 1.165) is 22.7 Å². The van der Waals surface area contributed by atoms with Crippen molar-refractivity contribution in [2.75, 3.05) is 0 Å². The number of carbonyl (C=O) groups is 1. The topological polar surface area (TPSA) is 42.2 Å². The molecule has 88 valence electrons. The fourth-order valence-corrected chi connectivity index (χ4v) is 2.09. The molecule has 0 spiro atoms. The molecule has 1 N–H and O–H groups in total. The van der Waals surface area contributed by atoms with Crippen LogP contribution >= 0.6 is 0 Å². The summed E-state index contributed by atoms with van der Waals surface area (Å²) >= 11 is 0. The van der Waals surface area contributed by atoms with Crippen molar-refractivity contribution < 1.29 is 9.90 Å². The second-order valence-electron chi connectivity index (χ2n) is 4.25. The number of carboxylic acids is 1. The molecule has 0 saturated heterocycles. The zero-order valence-electron chi connectivity index (χ0n) is 10.2. The van der Waals surface area contributed by atoms with E-state index in [1.807, 2.05) is 17.7 Å². The van der Waals surface area contributed by atoms with Crippen LogP contribution in [0.1, 0.15) is 16.8 Å². The minimum Gasteiger partial charge on any atom is -0.478 e. The van der Waals surface area contributed by atoms with Gasteiger partial charge in [0, 0.05) is 24.2 Å². The van der Waals surface area contributed by atoms with Crippen LogP contribution in [0.5, 0.6) is 0 Å². The first kappa shape index (κ1) is 11.5. The number of aromatic nitrogens is 1. The summed E-state index contributed by atoms with van der Waals surface area (Å²) in [6.45, 7) is 4.16. The zero-order valence-corrected chi connectivity index (χ0v) is 10.2. The molecule has 0 bridgehead atoms. The van der Waals surface area contributed by atoms with E-state index in [1.54, 1.807) is 6.08 Å². The van der Waals surface area contributed by atoms with Crippen LogP contribution < -0.4 is 0 Å². The van der Waals surface area contributed by atoms with Gasteiger partial charge in [-0.25, -0.2) is 4.79 Å². The molecule has 2 aromatic rings. The highest BCUT2D eigenvalue weighted by Crippen LogP contribution is 2.25. The van der Waals surface area contributed by atoms with Gasteiger partial charge in [-0.1, -0.05) is 12.1 Å². The van der Waals surface area contributed by atoms with Gasteiger partial charge in [-0.3, -0.25) is 0 Å². The third-order valence-electron chi connectivity index (χ3n) is 3.16. The minimum atomic E-state index is -0.928. The number of aryl methyl sites for hydroxylation is 3. The second-order valence-corrected chi connectivity index (χ2v) is 4.25. The fourth-order valence-electron chi connectivity index (χ4n) is 2.09. The highest BCUT2D eigenvalue weighted by atomic mass is 16.4. The molecule has 1 heterocycles. The van der Waals surface area contributed by atoms with Gasteiger partial charge >= 0.3 is 5.97 Å². The van der Waals surface area contributed by atoms with Gasteiger partial charge in [-0.05, 0) is 37.1 Å². The molecule has 0 amide bonds. The molecule has 0 aliphatic heterocycles. The summed E-state index contributed by atoms with van der Waals surface area (Å²) in [6, 6.07) is 6.15. The summed E-state index contributed by atoms with van der Waals surface area (Å²) in [5.74, 6) is -0.928. The minimum absolute atomic E-state index is 0.899. The Balaban J connectivity index is 2.65. The van der Waals surface area contributed by atoms with Crippen molar-refractivity contribution in [1.29, 1.82) is 0 Å². The number of fused-ring (bicyclic) bond motifs is 1. The van der Waals surface area contributed by atoms with E-state index in [9.17, 15) is 4.79 Å². The smallest absolute Gasteiger partial charge is 0.328 e. The van der Waals surface area contributed by atoms with Gasteiger partial charge < -0.3 is 9.67 Å². The molecule has 3 heteroatoms. The molecule has 0 atom stereocenters. The van der Waals surface area contributed by atoms with Crippen LogP contribution in [0.25, 0.3) is 17.0 Å². The normalized spacial score (nSPS) is 11.5. The van der Waals surface area contributed by atoms with Crippen molar-refractivity contribution in [1.82, 2.24) is 4.57 Å². The first-order valence-electron chi connectivity index (χ1n) is 5.47. The van der Waals surface area contributed by atoms with Gasteiger partial charge in [0.1, 0.15) is 0 Å². The Morgan fingerprint density at radius 1 is 1.35 bits per heavy atom. The molecule has 2 rings (SSSR count). The average molecular weight is 229 g/mol. The summed E-state index contributed by atoms with van der Waals surface area (Å²) in [5.41, 5.74) is 4.54. The predicted molar refractivity (Wildman–Crippen MR) is 69.1 cm³/mol. The van der Waals surface area contributed by atoms with Gasteiger partial charge in [0.25, 0.3) is 0 Å². The summed E-state index contributed by atoms with van der Waals surface area (Å²) < 4.78 is 2.02. The standard InChI is InChI=1S/C14H15NO2/c1-9-4-5-11-8-12(6-7-13(16)17)15(3)14(11)10(9)2/h4-8H,1-3H3,(H,16,17)/b7-6+. The summed E-state index contributed by atoms with van der Waals surface area (Å²) in [4.78, 5) is 10.5. The maximum atomic E-state index is 10.5. The number of carboxylic acid groups (broad SMARTS) is 1. The van der Waals surface area contributed by atoms with Crippen LogP contribution in [-0.2, 0) is 11.8 Å². The van der Waals surface area contributed by atoms with Gasteiger partial charge in [0.2, 0.25) is 0 Å². The van der Waals surface area contributed by atoms with E-state index in [2.05, 4.69) is 26.0 Å². The van der Waals surface area contributed by atoms with Crippen LogP contribution in [0, 0.1) is 13.8 Å². The number of aliphatic carboxylic acids is 1. The quantitative estimate of drug-likeness (QED) is 0.804. The summed E-state index contributed by atoms with van der Waals surface area (Å²) in [6.07, 6.45) is 2.79. The van der Waals surface area contributed by atoms with Crippen molar-refractivity contribution in [2.24, 2.45) is 7.05 Å². The lowest BCUT2D eigenvalue weighted by molar-refractivity contribution is -0.131. The van der Waals surface area contributed by atoms with E-state index in [-0.39, 0.29) is 0 Å².